The number of hydrogen-bond donors (Lipinski definition) is 1. The summed E-state index contributed by atoms with van der Waals surface area (Å²) in [5.74, 6) is -0.0533. The van der Waals surface area contributed by atoms with Crippen LogP contribution < -0.4 is 0 Å². The maximum absolute atomic E-state index is 10.0. The molecule has 4 atom stereocenters. The van der Waals surface area contributed by atoms with Gasteiger partial charge in [-0.05, 0) is 12.0 Å². The van der Waals surface area contributed by atoms with E-state index in [9.17, 15) is 5.11 Å². The molecule has 0 radical (unpaired) electrons. The van der Waals surface area contributed by atoms with Crippen molar-refractivity contribution >= 4 is 0 Å². The average Bonchev–Trinajstić information content (AvgIpc) is 2.82. The molecule has 3 rings (SSSR count). The molecule has 2 saturated heterocycles. The molecule has 1 N–H and O–H groups in total. The molecular weight excluding hydrogens is 232 g/mol. The molecule has 0 aliphatic carbocycles. The summed E-state index contributed by atoms with van der Waals surface area (Å²) < 4.78 is 16.9. The third-order valence-electron chi connectivity index (χ3n) is 3.62. The number of aliphatic hydroxyl groups excluding tert-OH is 1. The highest BCUT2D eigenvalue weighted by Gasteiger charge is 2.45. The molecule has 0 spiro atoms. The summed E-state index contributed by atoms with van der Waals surface area (Å²) >= 11 is 0. The van der Waals surface area contributed by atoms with Crippen LogP contribution in [0.4, 0.5) is 0 Å². The third kappa shape index (κ3) is 2.42. The molecule has 2 fully saturated rings. The maximum atomic E-state index is 10.0. The molecule has 0 aromatic heterocycles. The monoisotopic (exact) mass is 250 g/mol. The van der Waals surface area contributed by atoms with Crippen molar-refractivity contribution in [2.24, 2.45) is 5.92 Å². The van der Waals surface area contributed by atoms with Gasteiger partial charge in [0, 0.05) is 0 Å². The highest BCUT2D eigenvalue weighted by atomic mass is 16.7. The van der Waals surface area contributed by atoms with Gasteiger partial charge in [0.2, 0.25) is 0 Å². The summed E-state index contributed by atoms with van der Waals surface area (Å²) in [4.78, 5) is 0. The molecule has 18 heavy (non-hydrogen) atoms. The van der Waals surface area contributed by atoms with E-state index < -0.39 is 0 Å². The highest BCUT2D eigenvalue weighted by molar-refractivity contribution is 5.13. The predicted molar refractivity (Wildman–Crippen MR) is 64.8 cm³/mol. The van der Waals surface area contributed by atoms with Gasteiger partial charge >= 0.3 is 0 Å². The van der Waals surface area contributed by atoms with E-state index in [1.54, 1.807) is 0 Å². The van der Waals surface area contributed by atoms with Crippen LogP contribution in [0.15, 0.2) is 30.3 Å². The van der Waals surface area contributed by atoms with Crippen molar-refractivity contribution in [1.82, 2.24) is 0 Å². The Morgan fingerprint density at radius 3 is 2.89 bits per heavy atom. The van der Waals surface area contributed by atoms with Gasteiger partial charge in [0.1, 0.15) is 0 Å². The number of fused-ring (bicyclic) bond motifs is 1. The van der Waals surface area contributed by atoms with Gasteiger partial charge in [-0.2, -0.15) is 0 Å². The number of aliphatic hydroxyl groups is 1. The highest BCUT2D eigenvalue weighted by Crippen LogP contribution is 2.33. The molecule has 4 heteroatoms. The van der Waals surface area contributed by atoms with Crippen LogP contribution in [-0.2, 0) is 20.8 Å². The smallest absolute Gasteiger partial charge is 0.165 e. The minimum absolute atomic E-state index is 0.0533. The van der Waals surface area contributed by atoms with Gasteiger partial charge in [-0.3, -0.25) is 0 Å². The fraction of sp³-hybridized carbons (Fsp3) is 0.571. The fourth-order valence-corrected chi connectivity index (χ4v) is 2.61. The Hall–Kier alpha value is -0.940. The first-order valence-electron chi connectivity index (χ1n) is 6.41. The lowest BCUT2D eigenvalue weighted by atomic mass is 9.93. The van der Waals surface area contributed by atoms with Gasteiger partial charge in [-0.25, -0.2) is 0 Å². The Kier molecular flexibility index (Phi) is 3.61. The molecule has 2 heterocycles. The lowest BCUT2D eigenvalue weighted by Crippen LogP contribution is -2.42. The lowest BCUT2D eigenvalue weighted by molar-refractivity contribution is -0.185. The third-order valence-corrected chi connectivity index (χ3v) is 3.62. The first-order valence-corrected chi connectivity index (χ1v) is 6.41. The molecule has 1 aromatic carbocycles. The number of rotatable bonds is 3. The second-order valence-electron chi connectivity index (χ2n) is 4.84. The van der Waals surface area contributed by atoms with E-state index in [2.05, 4.69) is 0 Å². The van der Waals surface area contributed by atoms with E-state index in [0.717, 1.165) is 5.56 Å². The SMILES string of the molecule is O[C@H]1CCO[C@H]2OC[C@H](OCc3ccccc3)[C@H]21. The van der Waals surface area contributed by atoms with Crippen LogP contribution in [0.5, 0.6) is 0 Å². The molecule has 0 amide bonds. The molecule has 4 nitrogen and oxygen atoms in total. The second-order valence-corrected chi connectivity index (χ2v) is 4.84. The van der Waals surface area contributed by atoms with Crippen molar-refractivity contribution in [2.75, 3.05) is 13.2 Å². The Balaban J connectivity index is 1.60. The summed E-state index contributed by atoms with van der Waals surface area (Å²) in [5.41, 5.74) is 1.13. The molecular formula is C14H18O4. The number of hydrogen-bond acceptors (Lipinski definition) is 4. The summed E-state index contributed by atoms with van der Waals surface area (Å²) in [6.45, 7) is 1.61. The lowest BCUT2D eigenvalue weighted by Gasteiger charge is -2.31. The zero-order valence-electron chi connectivity index (χ0n) is 10.2. The van der Waals surface area contributed by atoms with Crippen molar-refractivity contribution in [1.29, 1.82) is 0 Å². The minimum atomic E-state index is -0.382. The van der Waals surface area contributed by atoms with Gasteiger partial charge in [0.25, 0.3) is 0 Å². The Morgan fingerprint density at radius 1 is 1.22 bits per heavy atom. The summed E-state index contributed by atoms with van der Waals surface area (Å²) in [7, 11) is 0. The zero-order chi connectivity index (χ0) is 12.4. The van der Waals surface area contributed by atoms with Crippen LogP contribution in [-0.4, -0.2) is 36.8 Å². The van der Waals surface area contributed by atoms with Gasteiger partial charge < -0.3 is 19.3 Å². The van der Waals surface area contributed by atoms with E-state index in [1.165, 1.54) is 0 Å². The van der Waals surface area contributed by atoms with Crippen molar-refractivity contribution < 1.29 is 19.3 Å². The van der Waals surface area contributed by atoms with Crippen LogP contribution in [0, 0.1) is 5.92 Å². The topological polar surface area (TPSA) is 47.9 Å². The van der Waals surface area contributed by atoms with E-state index in [4.69, 9.17) is 14.2 Å². The first kappa shape index (κ1) is 12.1. The van der Waals surface area contributed by atoms with E-state index >= 15 is 0 Å². The zero-order valence-corrected chi connectivity index (χ0v) is 10.2. The van der Waals surface area contributed by atoms with Crippen LogP contribution >= 0.6 is 0 Å². The summed E-state index contributed by atoms with van der Waals surface area (Å²) in [5, 5.41) is 10.0. The number of benzene rings is 1. The molecule has 1 aromatic rings. The fourth-order valence-electron chi connectivity index (χ4n) is 2.61. The van der Waals surface area contributed by atoms with E-state index in [1.807, 2.05) is 30.3 Å². The van der Waals surface area contributed by atoms with Crippen LogP contribution in [0.3, 0.4) is 0 Å². The standard InChI is InChI=1S/C14H18O4/c15-11-6-7-16-14-13(11)12(9-18-14)17-8-10-4-2-1-3-5-10/h1-5,11-15H,6-9H2/t11-,12-,13+,14-/m0/s1. The molecule has 0 saturated carbocycles. The molecule has 0 bridgehead atoms. The molecule has 2 aliphatic rings. The van der Waals surface area contributed by atoms with Gasteiger partial charge in [-0.15, -0.1) is 0 Å². The van der Waals surface area contributed by atoms with Gasteiger partial charge in [-0.1, -0.05) is 30.3 Å². The first-order chi connectivity index (χ1) is 8.84. The Bertz CT molecular complexity index is 381. The van der Waals surface area contributed by atoms with Crippen LogP contribution in [0.25, 0.3) is 0 Å². The van der Waals surface area contributed by atoms with Crippen molar-refractivity contribution in [2.45, 2.75) is 31.5 Å². The van der Waals surface area contributed by atoms with Crippen LogP contribution in [0.1, 0.15) is 12.0 Å². The summed E-state index contributed by atoms with van der Waals surface area (Å²) in [6.07, 6.45) is -0.0949. The van der Waals surface area contributed by atoms with Crippen molar-refractivity contribution in [3.8, 4) is 0 Å². The van der Waals surface area contributed by atoms with Crippen LogP contribution in [0.2, 0.25) is 0 Å². The van der Waals surface area contributed by atoms with Gasteiger partial charge in [0.05, 0.1) is 37.9 Å². The van der Waals surface area contributed by atoms with E-state index in [-0.39, 0.29) is 24.4 Å². The summed E-state index contributed by atoms with van der Waals surface area (Å²) in [6, 6.07) is 10.0. The number of ether oxygens (including phenoxy) is 3. The second kappa shape index (κ2) is 5.36. The van der Waals surface area contributed by atoms with Crippen molar-refractivity contribution in [3.63, 3.8) is 0 Å². The quantitative estimate of drug-likeness (QED) is 0.879. The minimum Gasteiger partial charge on any atom is -0.392 e. The Morgan fingerprint density at radius 2 is 2.06 bits per heavy atom. The normalized spacial score (nSPS) is 35.4. The van der Waals surface area contributed by atoms with E-state index in [0.29, 0.717) is 26.2 Å². The largest absolute Gasteiger partial charge is 0.392 e. The molecule has 98 valence electrons. The van der Waals surface area contributed by atoms with Gasteiger partial charge in [0.15, 0.2) is 6.29 Å². The molecule has 0 unspecified atom stereocenters. The predicted octanol–water partition coefficient (Wildman–Crippen LogP) is 1.33. The Labute approximate surface area is 106 Å². The average molecular weight is 250 g/mol. The maximum Gasteiger partial charge on any atom is 0.165 e. The van der Waals surface area contributed by atoms with Crippen molar-refractivity contribution in [3.05, 3.63) is 35.9 Å². The molecule has 2 aliphatic heterocycles.